The van der Waals surface area contributed by atoms with Gasteiger partial charge in [-0.05, 0) is 30.7 Å². The Morgan fingerprint density at radius 1 is 1.44 bits per heavy atom. The van der Waals surface area contributed by atoms with Gasteiger partial charge in [0.25, 0.3) is 0 Å². The highest BCUT2D eigenvalue weighted by molar-refractivity contribution is 6.30. The monoisotopic (exact) mass is 242 g/mol. The van der Waals surface area contributed by atoms with Gasteiger partial charge in [-0.3, -0.25) is 4.79 Å². The molecule has 0 heterocycles. The van der Waals surface area contributed by atoms with Crippen molar-refractivity contribution in [1.82, 2.24) is 5.32 Å². The summed E-state index contributed by atoms with van der Waals surface area (Å²) in [4.78, 5) is 10.4. The van der Waals surface area contributed by atoms with Gasteiger partial charge < -0.3 is 16.2 Å². The van der Waals surface area contributed by atoms with Crippen molar-refractivity contribution in [1.29, 1.82) is 0 Å². The van der Waals surface area contributed by atoms with Crippen LogP contribution in [0.4, 0.5) is 0 Å². The highest BCUT2D eigenvalue weighted by Gasteiger charge is 2.09. The van der Waals surface area contributed by atoms with Crippen LogP contribution < -0.4 is 11.1 Å². The average Bonchev–Trinajstić information content (AvgIpc) is 2.26. The Bertz CT molecular complexity index is 340. The largest absolute Gasteiger partial charge is 0.480 e. The van der Waals surface area contributed by atoms with Gasteiger partial charge in [-0.15, -0.1) is 0 Å². The molecule has 0 fully saturated rings. The van der Waals surface area contributed by atoms with Gasteiger partial charge in [0.05, 0.1) is 0 Å². The molecule has 1 unspecified atom stereocenters. The van der Waals surface area contributed by atoms with Gasteiger partial charge in [0, 0.05) is 11.6 Å². The summed E-state index contributed by atoms with van der Waals surface area (Å²) in [6, 6.07) is 6.69. The molecule has 0 radical (unpaired) electrons. The van der Waals surface area contributed by atoms with Gasteiger partial charge in [-0.1, -0.05) is 23.7 Å². The molecule has 1 aromatic rings. The number of hydrogen-bond acceptors (Lipinski definition) is 3. The second-order valence-electron chi connectivity index (χ2n) is 3.54. The van der Waals surface area contributed by atoms with E-state index in [0.717, 1.165) is 5.56 Å². The number of carboxylic acids is 1. The van der Waals surface area contributed by atoms with Gasteiger partial charge in [-0.2, -0.15) is 0 Å². The molecule has 4 nitrogen and oxygen atoms in total. The number of halogens is 1. The van der Waals surface area contributed by atoms with E-state index in [1.807, 2.05) is 24.3 Å². The average molecular weight is 243 g/mol. The van der Waals surface area contributed by atoms with E-state index < -0.39 is 12.0 Å². The lowest BCUT2D eigenvalue weighted by Crippen LogP contribution is -2.33. The van der Waals surface area contributed by atoms with Crippen LogP contribution in [0.1, 0.15) is 12.0 Å². The first-order valence-corrected chi connectivity index (χ1v) is 5.41. The van der Waals surface area contributed by atoms with Crippen LogP contribution >= 0.6 is 11.6 Å². The van der Waals surface area contributed by atoms with Crippen LogP contribution in [0.2, 0.25) is 5.02 Å². The quantitative estimate of drug-likeness (QED) is 0.656. The summed E-state index contributed by atoms with van der Waals surface area (Å²) in [6.07, 6.45) is 0.420. The van der Waals surface area contributed by atoms with E-state index in [0.29, 0.717) is 24.5 Å². The fraction of sp³-hybridized carbons (Fsp3) is 0.364. The fourth-order valence-electron chi connectivity index (χ4n) is 1.22. The van der Waals surface area contributed by atoms with Crippen LogP contribution in [0.15, 0.2) is 24.3 Å². The Morgan fingerprint density at radius 2 is 2.06 bits per heavy atom. The molecule has 0 aliphatic rings. The van der Waals surface area contributed by atoms with Crippen molar-refractivity contribution < 1.29 is 9.90 Å². The normalized spacial score (nSPS) is 12.4. The summed E-state index contributed by atoms with van der Waals surface area (Å²) in [7, 11) is 0. The molecule has 0 aliphatic carbocycles. The van der Waals surface area contributed by atoms with Gasteiger partial charge in [0.15, 0.2) is 0 Å². The number of hydrogen-bond donors (Lipinski definition) is 3. The summed E-state index contributed by atoms with van der Waals surface area (Å²) in [5.74, 6) is -0.965. The summed E-state index contributed by atoms with van der Waals surface area (Å²) in [6.45, 7) is 1.26. The number of nitrogens with one attached hydrogen (secondary N) is 1. The Hall–Kier alpha value is -1.10. The molecule has 4 N–H and O–H groups in total. The molecular formula is C11H15ClN2O2. The van der Waals surface area contributed by atoms with Crippen LogP contribution in [0.5, 0.6) is 0 Å². The van der Waals surface area contributed by atoms with Crippen LogP contribution in [0.3, 0.4) is 0 Å². The first-order chi connectivity index (χ1) is 7.59. The van der Waals surface area contributed by atoms with E-state index in [9.17, 15) is 4.79 Å². The second kappa shape index (κ2) is 6.48. The molecule has 0 bridgehead atoms. The third kappa shape index (κ3) is 4.61. The highest BCUT2D eigenvalue weighted by Crippen LogP contribution is 2.08. The summed E-state index contributed by atoms with van der Waals surface area (Å²) in [5, 5.41) is 12.4. The molecule has 0 aromatic heterocycles. The number of carbonyl (C=O) groups is 1. The Balaban J connectivity index is 2.21. The third-order valence-corrected chi connectivity index (χ3v) is 2.44. The molecule has 1 rings (SSSR count). The predicted molar refractivity (Wildman–Crippen MR) is 63.4 cm³/mol. The van der Waals surface area contributed by atoms with Crippen LogP contribution in [0.25, 0.3) is 0 Å². The summed E-state index contributed by atoms with van der Waals surface area (Å²) >= 11 is 5.75. The molecule has 0 saturated carbocycles. The SMILES string of the molecule is NC(CCNCc1ccc(Cl)cc1)C(=O)O. The van der Waals surface area contributed by atoms with Crippen molar-refractivity contribution in [3.63, 3.8) is 0 Å². The second-order valence-corrected chi connectivity index (χ2v) is 3.97. The molecule has 0 aliphatic heterocycles. The lowest BCUT2D eigenvalue weighted by atomic mass is 10.2. The number of rotatable bonds is 6. The highest BCUT2D eigenvalue weighted by atomic mass is 35.5. The van der Waals surface area contributed by atoms with Crippen molar-refractivity contribution >= 4 is 17.6 Å². The van der Waals surface area contributed by atoms with Gasteiger partial charge in [0.2, 0.25) is 0 Å². The summed E-state index contributed by atoms with van der Waals surface area (Å²) < 4.78 is 0. The number of benzene rings is 1. The lowest BCUT2D eigenvalue weighted by Gasteiger charge is -2.07. The zero-order chi connectivity index (χ0) is 12.0. The zero-order valence-electron chi connectivity index (χ0n) is 8.82. The van der Waals surface area contributed by atoms with Gasteiger partial charge in [0.1, 0.15) is 6.04 Å². The smallest absolute Gasteiger partial charge is 0.320 e. The van der Waals surface area contributed by atoms with Crippen LogP contribution in [0, 0.1) is 0 Å². The molecule has 1 aromatic carbocycles. The maximum atomic E-state index is 10.4. The Kier molecular flexibility index (Phi) is 5.25. The topological polar surface area (TPSA) is 75.3 Å². The van der Waals surface area contributed by atoms with Gasteiger partial charge >= 0.3 is 5.97 Å². The van der Waals surface area contributed by atoms with Crippen molar-refractivity contribution in [3.8, 4) is 0 Å². The first kappa shape index (κ1) is 13.0. The van der Waals surface area contributed by atoms with Crippen LogP contribution in [-0.2, 0) is 11.3 Å². The third-order valence-electron chi connectivity index (χ3n) is 2.19. The molecule has 0 amide bonds. The molecule has 0 saturated heterocycles. The van der Waals surface area contributed by atoms with Crippen LogP contribution in [-0.4, -0.2) is 23.7 Å². The van der Waals surface area contributed by atoms with Crippen molar-refractivity contribution in [2.24, 2.45) is 5.73 Å². The van der Waals surface area contributed by atoms with Crippen molar-refractivity contribution in [3.05, 3.63) is 34.9 Å². The Morgan fingerprint density at radius 3 is 2.62 bits per heavy atom. The van der Waals surface area contributed by atoms with E-state index >= 15 is 0 Å². The van der Waals surface area contributed by atoms with E-state index in [1.165, 1.54) is 0 Å². The molecule has 0 spiro atoms. The molecule has 16 heavy (non-hydrogen) atoms. The maximum absolute atomic E-state index is 10.4. The minimum Gasteiger partial charge on any atom is -0.480 e. The maximum Gasteiger partial charge on any atom is 0.320 e. The molecule has 5 heteroatoms. The predicted octanol–water partition coefficient (Wildman–Crippen LogP) is 1.23. The molecule has 88 valence electrons. The van der Waals surface area contributed by atoms with Crippen molar-refractivity contribution in [2.45, 2.75) is 19.0 Å². The lowest BCUT2D eigenvalue weighted by molar-refractivity contribution is -0.138. The number of nitrogens with two attached hydrogens (primary N) is 1. The van der Waals surface area contributed by atoms with Gasteiger partial charge in [-0.25, -0.2) is 0 Å². The number of carboxylic acid groups (broad SMARTS) is 1. The minimum absolute atomic E-state index is 0.420. The van der Waals surface area contributed by atoms with E-state index in [2.05, 4.69) is 5.32 Å². The zero-order valence-corrected chi connectivity index (χ0v) is 9.57. The van der Waals surface area contributed by atoms with E-state index in [4.69, 9.17) is 22.4 Å². The molecular weight excluding hydrogens is 228 g/mol. The van der Waals surface area contributed by atoms with Crippen molar-refractivity contribution in [2.75, 3.05) is 6.54 Å². The van der Waals surface area contributed by atoms with E-state index in [-0.39, 0.29) is 0 Å². The minimum atomic E-state index is -0.965. The van der Waals surface area contributed by atoms with E-state index in [1.54, 1.807) is 0 Å². The first-order valence-electron chi connectivity index (χ1n) is 5.03. The molecule has 1 atom stereocenters. The summed E-state index contributed by atoms with van der Waals surface area (Å²) in [5.41, 5.74) is 6.46. The Labute approximate surface area is 99.4 Å². The fourth-order valence-corrected chi connectivity index (χ4v) is 1.34. The number of aliphatic carboxylic acids is 1. The standard InChI is InChI=1S/C11H15ClN2O2/c12-9-3-1-8(2-4-9)7-14-6-5-10(13)11(15)16/h1-4,10,14H,5-7,13H2,(H,15,16).